The van der Waals surface area contributed by atoms with Crippen molar-refractivity contribution in [3.8, 4) is 0 Å². The maximum atomic E-state index is 14.4. The summed E-state index contributed by atoms with van der Waals surface area (Å²) < 4.78 is 14.4. The Bertz CT molecular complexity index is 670. The molecular formula is C13H17FN4OS. The molecule has 0 bridgehead atoms. The average molecular weight is 296 g/mol. The molecule has 0 saturated carbocycles. The van der Waals surface area contributed by atoms with E-state index < -0.39 is 5.67 Å². The average Bonchev–Trinajstić information content (AvgIpc) is 2.97. The molecule has 1 aliphatic heterocycles. The number of alkyl halides is 1. The van der Waals surface area contributed by atoms with Crippen molar-refractivity contribution in [3.63, 3.8) is 0 Å². The van der Waals surface area contributed by atoms with E-state index in [-0.39, 0.29) is 5.56 Å². The molecule has 3 rings (SSSR count). The lowest BCUT2D eigenvalue weighted by Crippen LogP contribution is -2.31. The minimum absolute atomic E-state index is 0.176. The number of halogens is 1. The minimum atomic E-state index is -1.09. The summed E-state index contributed by atoms with van der Waals surface area (Å²) in [6.45, 7) is 1.81. The van der Waals surface area contributed by atoms with Crippen molar-refractivity contribution >= 4 is 22.8 Å². The van der Waals surface area contributed by atoms with Crippen LogP contribution < -0.4 is 5.56 Å². The van der Waals surface area contributed by atoms with Gasteiger partial charge in [-0.15, -0.1) is 0 Å². The molecule has 108 valence electrons. The topological polar surface area (TPSA) is 64.8 Å². The van der Waals surface area contributed by atoms with Gasteiger partial charge in [-0.1, -0.05) is 0 Å². The van der Waals surface area contributed by atoms with Gasteiger partial charge in [-0.2, -0.15) is 11.8 Å². The third-order valence-electron chi connectivity index (χ3n) is 3.73. The maximum Gasteiger partial charge on any atom is 0.275 e. The summed E-state index contributed by atoms with van der Waals surface area (Å²) in [5.41, 5.74) is 0.841. The lowest BCUT2D eigenvalue weighted by Gasteiger charge is -2.19. The summed E-state index contributed by atoms with van der Waals surface area (Å²) in [5.74, 6) is 0.537. The number of thioether (sulfide) groups is 1. The van der Waals surface area contributed by atoms with Gasteiger partial charge in [0.15, 0.2) is 0 Å². The molecule has 3 heterocycles. The van der Waals surface area contributed by atoms with Crippen LogP contribution in [0.5, 0.6) is 0 Å². The lowest BCUT2D eigenvalue weighted by atomic mass is 10.1. The third-order valence-corrected chi connectivity index (χ3v) is 4.53. The van der Waals surface area contributed by atoms with Crippen molar-refractivity contribution in [3.05, 3.63) is 28.4 Å². The Labute approximate surface area is 120 Å². The van der Waals surface area contributed by atoms with Crippen LogP contribution in [0, 0.1) is 0 Å². The van der Waals surface area contributed by atoms with Gasteiger partial charge in [0.05, 0.1) is 11.8 Å². The van der Waals surface area contributed by atoms with Crippen LogP contribution in [0.1, 0.15) is 12.0 Å². The fourth-order valence-electron chi connectivity index (χ4n) is 2.79. The molecule has 20 heavy (non-hydrogen) atoms. The van der Waals surface area contributed by atoms with E-state index in [1.165, 1.54) is 6.33 Å². The first-order valence-electron chi connectivity index (χ1n) is 6.55. The standard InChI is InChI=1S/C13H17FN4OS/c1-20-7-13(14)2-3-18(6-13)5-9-4-15-11-10(9)16-8-17-12(11)19/h4,8,15H,2-3,5-7H2,1H3,(H,16,17,19)/t13-/m0/s1. The van der Waals surface area contributed by atoms with Crippen LogP contribution >= 0.6 is 11.8 Å². The molecule has 0 radical (unpaired) electrons. The predicted molar refractivity (Wildman–Crippen MR) is 78.8 cm³/mol. The highest BCUT2D eigenvalue weighted by Crippen LogP contribution is 2.30. The van der Waals surface area contributed by atoms with Crippen LogP contribution in [-0.4, -0.2) is 50.6 Å². The van der Waals surface area contributed by atoms with Gasteiger partial charge < -0.3 is 9.97 Å². The SMILES string of the molecule is CSC[C@]1(F)CCN(Cc2c[nH]c3c(=O)[nH]cnc23)C1. The van der Waals surface area contributed by atoms with Crippen molar-refractivity contribution in [2.45, 2.75) is 18.6 Å². The largest absolute Gasteiger partial charge is 0.355 e. The molecule has 2 aromatic rings. The number of likely N-dealkylation sites (tertiary alicyclic amines) is 1. The zero-order valence-electron chi connectivity index (χ0n) is 11.3. The van der Waals surface area contributed by atoms with E-state index >= 15 is 0 Å². The van der Waals surface area contributed by atoms with Gasteiger partial charge >= 0.3 is 0 Å². The fraction of sp³-hybridized carbons (Fsp3) is 0.538. The van der Waals surface area contributed by atoms with E-state index in [0.717, 1.165) is 12.1 Å². The molecule has 5 nitrogen and oxygen atoms in total. The summed E-state index contributed by atoms with van der Waals surface area (Å²) in [7, 11) is 0. The van der Waals surface area contributed by atoms with Gasteiger partial charge in [0, 0.05) is 37.1 Å². The zero-order valence-corrected chi connectivity index (χ0v) is 12.1. The Morgan fingerprint density at radius 3 is 3.20 bits per heavy atom. The van der Waals surface area contributed by atoms with E-state index in [9.17, 15) is 9.18 Å². The summed E-state index contributed by atoms with van der Waals surface area (Å²) in [5, 5.41) is 0. The van der Waals surface area contributed by atoms with Crippen LogP contribution in [0.4, 0.5) is 4.39 Å². The Morgan fingerprint density at radius 1 is 1.55 bits per heavy atom. The number of nitrogens with one attached hydrogen (secondary N) is 2. The van der Waals surface area contributed by atoms with Gasteiger partial charge in [0.25, 0.3) is 5.56 Å². The molecule has 2 N–H and O–H groups in total. The van der Waals surface area contributed by atoms with Gasteiger partial charge in [-0.05, 0) is 12.7 Å². The second-order valence-electron chi connectivity index (χ2n) is 5.31. The number of aromatic amines is 2. The minimum Gasteiger partial charge on any atom is -0.355 e. The molecule has 2 aromatic heterocycles. The molecule has 0 unspecified atom stereocenters. The molecule has 1 saturated heterocycles. The smallest absolute Gasteiger partial charge is 0.275 e. The first-order valence-corrected chi connectivity index (χ1v) is 7.94. The summed E-state index contributed by atoms with van der Waals surface area (Å²) >= 11 is 1.55. The zero-order chi connectivity index (χ0) is 14.2. The maximum absolute atomic E-state index is 14.4. The van der Waals surface area contributed by atoms with Crippen molar-refractivity contribution < 1.29 is 4.39 Å². The van der Waals surface area contributed by atoms with Crippen molar-refractivity contribution in [2.75, 3.05) is 25.1 Å². The molecule has 0 spiro atoms. The van der Waals surface area contributed by atoms with Crippen molar-refractivity contribution in [2.24, 2.45) is 0 Å². The fourth-order valence-corrected chi connectivity index (χ4v) is 3.55. The molecule has 0 amide bonds. The van der Waals surface area contributed by atoms with Crippen LogP contribution in [-0.2, 0) is 6.54 Å². The third kappa shape index (κ3) is 2.47. The molecule has 1 fully saturated rings. The predicted octanol–water partition coefficient (Wildman–Crippen LogP) is 1.53. The van der Waals surface area contributed by atoms with Crippen LogP contribution in [0.2, 0.25) is 0 Å². The van der Waals surface area contributed by atoms with Gasteiger partial charge in [0.1, 0.15) is 11.2 Å². The summed E-state index contributed by atoms with van der Waals surface area (Å²) in [4.78, 5) is 23.4. The summed E-state index contributed by atoms with van der Waals surface area (Å²) in [6, 6.07) is 0. The van der Waals surface area contributed by atoms with Gasteiger partial charge in [0.2, 0.25) is 0 Å². The lowest BCUT2D eigenvalue weighted by molar-refractivity contribution is 0.192. The van der Waals surface area contributed by atoms with E-state index in [1.54, 1.807) is 18.0 Å². The van der Waals surface area contributed by atoms with Gasteiger partial charge in [-0.25, -0.2) is 9.37 Å². The highest BCUT2D eigenvalue weighted by atomic mass is 32.2. The molecular weight excluding hydrogens is 279 g/mol. The molecule has 1 atom stereocenters. The van der Waals surface area contributed by atoms with E-state index in [1.807, 2.05) is 6.26 Å². The molecule has 0 aliphatic carbocycles. The van der Waals surface area contributed by atoms with Crippen molar-refractivity contribution in [1.82, 2.24) is 19.9 Å². The van der Waals surface area contributed by atoms with Gasteiger partial charge in [-0.3, -0.25) is 9.69 Å². The number of hydrogen-bond donors (Lipinski definition) is 2. The summed E-state index contributed by atoms with van der Waals surface area (Å²) in [6.07, 6.45) is 5.70. The number of fused-ring (bicyclic) bond motifs is 1. The van der Waals surface area contributed by atoms with Crippen LogP contribution in [0.15, 0.2) is 17.3 Å². The Hall–Kier alpha value is -1.34. The Balaban J connectivity index is 1.78. The van der Waals surface area contributed by atoms with E-state index in [2.05, 4.69) is 19.9 Å². The first kappa shape index (κ1) is 13.6. The second-order valence-corrected chi connectivity index (χ2v) is 6.18. The molecule has 0 aromatic carbocycles. The van der Waals surface area contributed by atoms with Crippen molar-refractivity contribution in [1.29, 1.82) is 0 Å². The second kappa shape index (κ2) is 5.21. The van der Waals surface area contributed by atoms with E-state index in [0.29, 0.717) is 36.3 Å². The van der Waals surface area contributed by atoms with Crippen LogP contribution in [0.3, 0.4) is 0 Å². The Kier molecular flexibility index (Phi) is 3.55. The highest BCUT2D eigenvalue weighted by molar-refractivity contribution is 7.98. The first-order chi connectivity index (χ1) is 9.61. The number of rotatable bonds is 4. The van der Waals surface area contributed by atoms with E-state index in [4.69, 9.17) is 0 Å². The quantitative estimate of drug-likeness (QED) is 0.898. The number of H-pyrrole nitrogens is 2. The Morgan fingerprint density at radius 2 is 2.40 bits per heavy atom. The normalized spacial score (nSPS) is 23.7. The number of nitrogens with zero attached hydrogens (tertiary/aromatic N) is 2. The molecule has 7 heteroatoms. The monoisotopic (exact) mass is 296 g/mol. The number of hydrogen-bond acceptors (Lipinski definition) is 4. The van der Waals surface area contributed by atoms with Crippen LogP contribution in [0.25, 0.3) is 11.0 Å². The number of aromatic nitrogens is 3. The highest BCUT2D eigenvalue weighted by Gasteiger charge is 2.37. The molecule has 1 aliphatic rings.